The highest BCUT2D eigenvalue weighted by molar-refractivity contribution is 6.31. The third kappa shape index (κ3) is 4.47. The summed E-state index contributed by atoms with van der Waals surface area (Å²) in [4.78, 5) is 0. The van der Waals surface area contributed by atoms with E-state index in [1.165, 1.54) is 18.2 Å². The number of aliphatic hydroxyl groups excluding tert-OH is 1. The smallest absolute Gasteiger partial charge is 0.123 e. The molecule has 1 unspecified atom stereocenters. The van der Waals surface area contributed by atoms with Gasteiger partial charge < -0.3 is 9.84 Å². The Balaban J connectivity index is 2.48. The summed E-state index contributed by atoms with van der Waals surface area (Å²) in [5, 5.41) is 10.2. The van der Waals surface area contributed by atoms with Gasteiger partial charge in [0.05, 0.1) is 6.10 Å². The Hall–Kier alpha value is -0.640. The van der Waals surface area contributed by atoms with E-state index in [0.717, 1.165) is 0 Å². The maximum absolute atomic E-state index is 12.9. The van der Waals surface area contributed by atoms with Crippen LogP contribution in [0.4, 0.5) is 4.39 Å². The van der Waals surface area contributed by atoms with Gasteiger partial charge in [-0.1, -0.05) is 11.6 Å². The number of rotatable bonds is 6. The predicted molar refractivity (Wildman–Crippen MR) is 62.2 cm³/mol. The molecule has 1 aromatic carbocycles. The van der Waals surface area contributed by atoms with E-state index in [1.807, 2.05) is 6.92 Å². The highest BCUT2D eigenvalue weighted by atomic mass is 35.5. The van der Waals surface area contributed by atoms with Gasteiger partial charge in [0.25, 0.3) is 0 Å². The van der Waals surface area contributed by atoms with Gasteiger partial charge in [-0.05, 0) is 37.1 Å². The Bertz CT molecular complexity index is 331. The molecule has 90 valence electrons. The summed E-state index contributed by atoms with van der Waals surface area (Å²) in [6.07, 6.45) is 0.329. The van der Waals surface area contributed by atoms with Gasteiger partial charge in [-0.3, -0.25) is 0 Å². The van der Waals surface area contributed by atoms with Gasteiger partial charge >= 0.3 is 0 Å². The molecule has 2 nitrogen and oxygen atoms in total. The van der Waals surface area contributed by atoms with E-state index in [4.69, 9.17) is 16.3 Å². The zero-order valence-corrected chi connectivity index (χ0v) is 10.0. The molecular weight excluding hydrogens is 231 g/mol. The third-order valence-electron chi connectivity index (χ3n) is 2.26. The first-order chi connectivity index (χ1) is 7.63. The Morgan fingerprint density at radius 3 is 2.94 bits per heavy atom. The summed E-state index contributed by atoms with van der Waals surface area (Å²) in [5.74, 6) is -0.337. The lowest BCUT2D eigenvalue weighted by Gasteiger charge is -2.11. The van der Waals surface area contributed by atoms with E-state index in [2.05, 4.69) is 0 Å². The van der Waals surface area contributed by atoms with Crippen LogP contribution in [0.15, 0.2) is 18.2 Å². The fourth-order valence-electron chi connectivity index (χ4n) is 1.42. The molecule has 1 N–H and O–H groups in total. The largest absolute Gasteiger partial charge is 0.393 e. The minimum absolute atomic E-state index is 0.337. The number of aliphatic hydroxyl groups is 1. The van der Waals surface area contributed by atoms with Crippen molar-refractivity contribution in [2.24, 2.45) is 0 Å². The maximum atomic E-state index is 12.9. The summed E-state index contributed by atoms with van der Waals surface area (Å²) >= 11 is 5.89. The van der Waals surface area contributed by atoms with E-state index < -0.39 is 6.10 Å². The molecule has 0 fully saturated rings. The number of benzene rings is 1. The van der Waals surface area contributed by atoms with Crippen LogP contribution in [-0.4, -0.2) is 24.4 Å². The van der Waals surface area contributed by atoms with Gasteiger partial charge in [-0.2, -0.15) is 0 Å². The van der Waals surface area contributed by atoms with Gasteiger partial charge in [-0.15, -0.1) is 0 Å². The highest BCUT2D eigenvalue weighted by Gasteiger charge is 2.09. The summed E-state index contributed by atoms with van der Waals surface area (Å²) in [6.45, 7) is 3.04. The Morgan fingerprint density at radius 2 is 2.25 bits per heavy atom. The van der Waals surface area contributed by atoms with Crippen molar-refractivity contribution >= 4 is 11.6 Å². The fourth-order valence-corrected chi connectivity index (χ4v) is 1.61. The van der Waals surface area contributed by atoms with Crippen LogP contribution in [-0.2, 0) is 11.2 Å². The second kappa shape index (κ2) is 6.84. The number of hydrogen-bond donors (Lipinski definition) is 1. The average molecular weight is 247 g/mol. The Kier molecular flexibility index (Phi) is 5.74. The van der Waals surface area contributed by atoms with Crippen LogP contribution in [0.3, 0.4) is 0 Å². The lowest BCUT2D eigenvalue weighted by atomic mass is 10.1. The minimum Gasteiger partial charge on any atom is -0.393 e. The molecule has 0 bridgehead atoms. The van der Waals surface area contributed by atoms with Crippen molar-refractivity contribution in [2.75, 3.05) is 13.2 Å². The van der Waals surface area contributed by atoms with Gasteiger partial charge in [-0.25, -0.2) is 4.39 Å². The fraction of sp³-hybridized carbons (Fsp3) is 0.500. The van der Waals surface area contributed by atoms with Crippen LogP contribution in [0.25, 0.3) is 0 Å². The van der Waals surface area contributed by atoms with E-state index in [0.29, 0.717) is 36.6 Å². The van der Waals surface area contributed by atoms with Gasteiger partial charge in [0.1, 0.15) is 5.82 Å². The van der Waals surface area contributed by atoms with Crippen molar-refractivity contribution < 1.29 is 14.2 Å². The first kappa shape index (κ1) is 13.4. The molecule has 1 atom stereocenters. The molecule has 0 aliphatic heterocycles. The van der Waals surface area contributed by atoms with Crippen LogP contribution in [0.1, 0.15) is 18.9 Å². The molecule has 0 aliphatic rings. The van der Waals surface area contributed by atoms with E-state index in [9.17, 15) is 9.50 Å². The van der Waals surface area contributed by atoms with Crippen molar-refractivity contribution in [2.45, 2.75) is 25.9 Å². The Morgan fingerprint density at radius 1 is 1.50 bits per heavy atom. The SMILES string of the molecule is CCOCCC(O)Cc1cc(F)ccc1Cl. The van der Waals surface area contributed by atoms with Crippen LogP contribution in [0.2, 0.25) is 5.02 Å². The number of ether oxygens (including phenoxy) is 1. The molecule has 1 aromatic rings. The lowest BCUT2D eigenvalue weighted by molar-refractivity contribution is 0.0887. The summed E-state index contributed by atoms with van der Waals surface area (Å²) in [5.41, 5.74) is 0.630. The van der Waals surface area contributed by atoms with Crippen molar-refractivity contribution in [3.63, 3.8) is 0 Å². The first-order valence-electron chi connectivity index (χ1n) is 5.33. The van der Waals surface area contributed by atoms with Crippen molar-refractivity contribution in [3.05, 3.63) is 34.6 Å². The first-order valence-corrected chi connectivity index (χ1v) is 5.71. The minimum atomic E-state index is -0.550. The predicted octanol–water partition coefficient (Wildman–Crippen LogP) is 2.81. The van der Waals surface area contributed by atoms with Gasteiger partial charge in [0.2, 0.25) is 0 Å². The zero-order valence-electron chi connectivity index (χ0n) is 9.25. The van der Waals surface area contributed by atoms with Crippen LogP contribution in [0.5, 0.6) is 0 Å². The summed E-state index contributed by atoms with van der Waals surface area (Å²) in [6, 6.07) is 4.16. The molecule has 16 heavy (non-hydrogen) atoms. The highest BCUT2D eigenvalue weighted by Crippen LogP contribution is 2.19. The molecule has 0 saturated heterocycles. The van der Waals surface area contributed by atoms with Crippen LogP contribution < -0.4 is 0 Å². The van der Waals surface area contributed by atoms with E-state index in [1.54, 1.807) is 0 Å². The van der Waals surface area contributed by atoms with E-state index >= 15 is 0 Å². The molecule has 0 radical (unpaired) electrons. The third-order valence-corrected chi connectivity index (χ3v) is 2.63. The second-order valence-electron chi connectivity index (χ2n) is 3.58. The molecule has 0 saturated carbocycles. The maximum Gasteiger partial charge on any atom is 0.123 e. The molecule has 0 aliphatic carbocycles. The van der Waals surface area contributed by atoms with Crippen LogP contribution in [0, 0.1) is 5.82 Å². The van der Waals surface area contributed by atoms with Gasteiger partial charge in [0, 0.05) is 24.7 Å². The second-order valence-corrected chi connectivity index (χ2v) is 3.99. The molecule has 0 amide bonds. The quantitative estimate of drug-likeness (QED) is 0.783. The zero-order chi connectivity index (χ0) is 12.0. The molecule has 0 heterocycles. The monoisotopic (exact) mass is 246 g/mol. The van der Waals surface area contributed by atoms with Gasteiger partial charge in [0.15, 0.2) is 0 Å². The topological polar surface area (TPSA) is 29.5 Å². The molecule has 1 rings (SSSR count). The normalized spacial score (nSPS) is 12.8. The lowest BCUT2D eigenvalue weighted by Crippen LogP contribution is -2.14. The molecule has 4 heteroatoms. The number of hydrogen-bond acceptors (Lipinski definition) is 2. The Labute approximate surface area is 100.0 Å². The van der Waals surface area contributed by atoms with Crippen LogP contribution >= 0.6 is 11.6 Å². The number of halogens is 2. The molecule has 0 spiro atoms. The molecular formula is C12H16ClFO2. The summed E-state index contributed by atoms with van der Waals surface area (Å²) in [7, 11) is 0. The van der Waals surface area contributed by atoms with E-state index in [-0.39, 0.29) is 5.82 Å². The van der Waals surface area contributed by atoms with Crippen molar-refractivity contribution in [3.8, 4) is 0 Å². The average Bonchev–Trinajstić information content (AvgIpc) is 2.24. The van der Waals surface area contributed by atoms with Crippen molar-refractivity contribution in [1.82, 2.24) is 0 Å². The standard InChI is InChI=1S/C12H16ClFO2/c1-2-16-6-5-11(15)8-9-7-10(14)3-4-12(9)13/h3-4,7,11,15H,2,5-6,8H2,1H3. The summed E-state index contributed by atoms with van der Waals surface area (Å²) < 4.78 is 18.1. The molecule has 0 aromatic heterocycles. The van der Waals surface area contributed by atoms with Crippen molar-refractivity contribution in [1.29, 1.82) is 0 Å².